The highest BCUT2D eigenvalue weighted by atomic mass is 19.1. The van der Waals surface area contributed by atoms with Crippen molar-refractivity contribution in [3.63, 3.8) is 0 Å². The van der Waals surface area contributed by atoms with Crippen LogP contribution < -0.4 is 10.1 Å². The van der Waals surface area contributed by atoms with Crippen molar-refractivity contribution in [1.29, 1.82) is 0 Å². The van der Waals surface area contributed by atoms with Gasteiger partial charge in [-0.05, 0) is 39.0 Å². The van der Waals surface area contributed by atoms with Crippen molar-refractivity contribution in [3.05, 3.63) is 29.6 Å². The summed E-state index contributed by atoms with van der Waals surface area (Å²) in [5.41, 5.74) is 0.209. The molecule has 0 bridgehead atoms. The summed E-state index contributed by atoms with van der Waals surface area (Å²) in [5, 5.41) is 3.06. The molecule has 0 aliphatic carbocycles. The number of rotatable bonds is 4. The van der Waals surface area contributed by atoms with Crippen LogP contribution in [0.3, 0.4) is 0 Å². The maximum atomic E-state index is 13.4. The Bertz CT molecular complexity index is 410. The molecule has 1 rings (SSSR count). The van der Waals surface area contributed by atoms with Crippen LogP contribution in [0.1, 0.15) is 31.1 Å². The third-order valence-electron chi connectivity index (χ3n) is 2.25. The van der Waals surface area contributed by atoms with Crippen molar-refractivity contribution >= 4 is 5.78 Å². The first kappa shape index (κ1) is 13.6. The number of ketones is 1. The van der Waals surface area contributed by atoms with Gasteiger partial charge in [0, 0.05) is 11.1 Å². The average molecular weight is 239 g/mol. The standard InChI is InChI=1S/C13H18FNO2/c1-13(2,3)15-8-11(16)9-5-6-12(17-4)10(14)7-9/h5-7,15H,8H2,1-4H3. The van der Waals surface area contributed by atoms with Crippen LogP contribution >= 0.6 is 0 Å². The number of benzene rings is 1. The highest BCUT2D eigenvalue weighted by Crippen LogP contribution is 2.17. The van der Waals surface area contributed by atoms with E-state index in [1.807, 2.05) is 20.8 Å². The molecule has 1 aromatic rings. The fraction of sp³-hybridized carbons (Fsp3) is 0.462. The Morgan fingerprint density at radius 1 is 1.41 bits per heavy atom. The lowest BCUT2D eigenvalue weighted by Crippen LogP contribution is -2.39. The van der Waals surface area contributed by atoms with E-state index < -0.39 is 5.82 Å². The van der Waals surface area contributed by atoms with Crippen LogP contribution in [0, 0.1) is 5.82 Å². The van der Waals surface area contributed by atoms with Crippen LogP contribution in [0.2, 0.25) is 0 Å². The van der Waals surface area contributed by atoms with Gasteiger partial charge in [0.15, 0.2) is 17.3 Å². The summed E-state index contributed by atoms with van der Waals surface area (Å²) in [6, 6.07) is 4.22. The molecule has 0 unspecified atom stereocenters. The molecular formula is C13H18FNO2. The van der Waals surface area contributed by atoms with E-state index in [0.29, 0.717) is 5.56 Å². The van der Waals surface area contributed by atoms with Gasteiger partial charge >= 0.3 is 0 Å². The predicted molar refractivity (Wildman–Crippen MR) is 65.0 cm³/mol. The van der Waals surface area contributed by atoms with Crippen molar-refractivity contribution in [3.8, 4) is 5.75 Å². The monoisotopic (exact) mass is 239 g/mol. The molecule has 3 nitrogen and oxygen atoms in total. The summed E-state index contributed by atoms with van der Waals surface area (Å²) < 4.78 is 18.2. The first-order valence-corrected chi connectivity index (χ1v) is 5.45. The van der Waals surface area contributed by atoms with Gasteiger partial charge in [-0.15, -0.1) is 0 Å². The second-order valence-corrected chi connectivity index (χ2v) is 4.88. The lowest BCUT2D eigenvalue weighted by molar-refractivity contribution is 0.0981. The molecule has 1 N–H and O–H groups in total. The maximum absolute atomic E-state index is 13.4. The summed E-state index contributed by atoms with van der Waals surface area (Å²) in [6.45, 7) is 6.09. The van der Waals surface area contributed by atoms with Crippen LogP contribution in [-0.4, -0.2) is 25.0 Å². The minimum atomic E-state index is -0.519. The molecule has 0 heterocycles. The molecule has 17 heavy (non-hydrogen) atoms. The number of methoxy groups -OCH3 is 1. The minimum absolute atomic E-state index is 0.138. The van der Waals surface area contributed by atoms with E-state index in [4.69, 9.17) is 4.74 Å². The van der Waals surface area contributed by atoms with E-state index in [0.717, 1.165) is 0 Å². The summed E-state index contributed by atoms with van der Waals surface area (Å²) in [6.07, 6.45) is 0. The molecule has 0 atom stereocenters. The van der Waals surface area contributed by atoms with Crippen molar-refractivity contribution in [1.82, 2.24) is 5.32 Å². The van der Waals surface area contributed by atoms with E-state index in [-0.39, 0.29) is 23.6 Å². The van der Waals surface area contributed by atoms with Gasteiger partial charge in [-0.2, -0.15) is 0 Å². The Morgan fingerprint density at radius 2 is 2.06 bits per heavy atom. The number of hydrogen-bond acceptors (Lipinski definition) is 3. The third-order valence-corrected chi connectivity index (χ3v) is 2.25. The lowest BCUT2D eigenvalue weighted by atomic mass is 10.1. The van der Waals surface area contributed by atoms with E-state index in [1.165, 1.54) is 19.2 Å². The average Bonchev–Trinajstić information content (AvgIpc) is 2.24. The zero-order chi connectivity index (χ0) is 13.1. The molecule has 0 amide bonds. The Balaban J connectivity index is 2.73. The number of hydrogen-bond donors (Lipinski definition) is 1. The highest BCUT2D eigenvalue weighted by molar-refractivity contribution is 5.97. The van der Waals surface area contributed by atoms with Crippen LogP contribution in [0.5, 0.6) is 5.75 Å². The maximum Gasteiger partial charge on any atom is 0.176 e. The second-order valence-electron chi connectivity index (χ2n) is 4.88. The Kier molecular flexibility index (Phi) is 4.23. The van der Waals surface area contributed by atoms with Gasteiger partial charge in [0.05, 0.1) is 13.7 Å². The van der Waals surface area contributed by atoms with Gasteiger partial charge in [0.2, 0.25) is 0 Å². The molecule has 0 radical (unpaired) electrons. The molecule has 0 aliphatic heterocycles. The fourth-order valence-electron chi connectivity index (χ4n) is 1.29. The van der Waals surface area contributed by atoms with Crippen LogP contribution in [0.25, 0.3) is 0 Å². The molecular weight excluding hydrogens is 221 g/mol. The van der Waals surface area contributed by atoms with Crippen LogP contribution in [-0.2, 0) is 0 Å². The first-order valence-electron chi connectivity index (χ1n) is 5.45. The van der Waals surface area contributed by atoms with Crippen molar-refractivity contribution in [2.75, 3.05) is 13.7 Å². The van der Waals surface area contributed by atoms with Crippen LogP contribution in [0.4, 0.5) is 4.39 Å². The van der Waals surface area contributed by atoms with Gasteiger partial charge in [0.25, 0.3) is 0 Å². The molecule has 1 aromatic carbocycles. The molecule has 0 spiro atoms. The molecule has 0 aromatic heterocycles. The topological polar surface area (TPSA) is 38.3 Å². The lowest BCUT2D eigenvalue weighted by Gasteiger charge is -2.19. The Hall–Kier alpha value is -1.42. The van der Waals surface area contributed by atoms with E-state index in [9.17, 15) is 9.18 Å². The number of halogens is 1. The first-order chi connectivity index (χ1) is 7.83. The molecule has 94 valence electrons. The van der Waals surface area contributed by atoms with Gasteiger partial charge in [-0.25, -0.2) is 4.39 Å². The zero-order valence-electron chi connectivity index (χ0n) is 10.6. The van der Waals surface area contributed by atoms with E-state index in [1.54, 1.807) is 6.07 Å². The predicted octanol–water partition coefficient (Wildman–Crippen LogP) is 2.41. The highest BCUT2D eigenvalue weighted by Gasteiger charge is 2.14. The summed E-state index contributed by atoms with van der Waals surface area (Å²) >= 11 is 0. The van der Waals surface area contributed by atoms with Gasteiger partial charge in [-0.1, -0.05) is 0 Å². The number of carbonyl (C=O) groups is 1. The fourth-order valence-corrected chi connectivity index (χ4v) is 1.29. The smallest absolute Gasteiger partial charge is 0.176 e. The van der Waals surface area contributed by atoms with Gasteiger partial charge in [-0.3, -0.25) is 4.79 Å². The Morgan fingerprint density at radius 3 is 2.53 bits per heavy atom. The molecule has 0 fully saturated rings. The second kappa shape index (κ2) is 5.27. The summed E-state index contributed by atoms with van der Waals surface area (Å²) in [4.78, 5) is 11.8. The zero-order valence-corrected chi connectivity index (χ0v) is 10.6. The number of Topliss-reactive ketones (excluding diaryl/α,β-unsaturated/α-hetero) is 1. The van der Waals surface area contributed by atoms with Crippen molar-refractivity contribution in [2.45, 2.75) is 26.3 Å². The number of nitrogens with one attached hydrogen (secondary N) is 1. The van der Waals surface area contributed by atoms with E-state index >= 15 is 0 Å². The van der Waals surface area contributed by atoms with Crippen LogP contribution in [0.15, 0.2) is 18.2 Å². The third kappa shape index (κ3) is 4.15. The molecule has 0 saturated carbocycles. The number of ether oxygens (including phenoxy) is 1. The normalized spacial score (nSPS) is 11.4. The summed E-state index contributed by atoms with van der Waals surface area (Å²) in [5.74, 6) is -0.513. The van der Waals surface area contributed by atoms with Gasteiger partial charge in [0.1, 0.15) is 0 Å². The number of carbonyl (C=O) groups excluding carboxylic acids is 1. The van der Waals surface area contributed by atoms with Gasteiger partial charge < -0.3 is 10.1 Å². The SMILES string of the molecule is COc1ccc(C(=O)CNC(C)(C)C)cc1F. The summed E-state index contributed by atoms with van der Waals surface area (Å²) in [7, 11) is 1.39. The largest absolute Gasteiger partial charge is 0.494 e. The molecule has 0 aliphatic rings. The van der Waals surface area contributed by atoms with Crippen molar-refractivity contribution < 1.29 is 13.9 Å². The Labute approximate surface area is 101 Å². The minimum Gasteiger partial charge on any atom is -0.494 e. The van der Waals surface area contributed by atoms with Crippen molar-refractivity contribution in [2.24, 2.45) is 0 Å². The molecule has 0 saturated heterocycles. The van der Waals surface area contributed by atoms with E-state index in [2.05, 4.69) is 5.32 Å². The quantitative estimate of drug-likeness (QED) is 0.820. The molecule has 4 heteroatoms.